The second-order valence-corrected chi connectivity index (χ2v) is 3.93. The Hall–Kier alpha value is -0.120. The highest BCUT2D eigenvalue weighted by atomic mass is 16.5. The predicted molar refractivity (Wildman–Crippen MR) is 52.7 cm³/mol. The third-order valence-corrected chi connectivity index (χ3v) is 3.41. The maximum Gasteiger partial charge on any atom is 0.0615 e. The Morgan fingerprint density at radius 3 is 2.92 bits per heavy atom. The smallest absolute Gasteiger partial charge is 0.0615 e. The molecule has 1 fully saturated rings. The summed E-state index contributed by atoms with van der Waals surface area (Å²) in [5, 5.41) is 12.7. The van der Waals surface area contributed by atoms with Crippen molar-refractivity contribution in [2.24, 2.45) is 5.92 Å². The molecule has 0 aromatic carbocycles. The van der Waals surface area contributed by atoms with Gasteiger partial charge in [-0.1, -0.05) is 6.42 Å². The lowest BCUT2D eigenvalue weighted by atomic mass is 9.86. The summed E-state index contributed by atoms with van der Waals surface area (Å²) in [5.41, 5.74) is -0.0292. The van der Waals surface area contributed by atoms with Gasteiger partial charge in [0.1, 0.15) is 0 Å². The van der Waals surface area contributed by atoms with E-state index in [0.29, 0.717) is 5.92 Å². The van der Waals surface area contributed by atoms with Gasteiger partial charge in [0.05, 0.1) is 6.61 Å². The minimum absolute atomic E-state index is 0.0292. The van der Waals surface area contributed by atoms with Gasteiger partial charge in [0.25, 0.3) is 0 Å². The molecule has 1 aliphatic rings. The van der Waals surface area contributed by atoms with Gasteiger partial charge in [-0.05, 0) is 32.2 Å². The lowest BCUT2D eigenvalue weighted by Gasteiger charge is -2.33. The van der Waals surface area contributed by atoms with E-state index in [4.69, 9.17) is 4.74 Å². The van der Waals surface area contributed by atoms with Gasteiger partial charge in [-0.15, -0.1) is 0 Å². The van der Waals surface area contributed by atoms with E-state index in [-0.39, 0.29) is 12.1 Å². The van der Waals surface area contributed by atoms with E-state index >= 15 is 0 Å². The lowest BCUT2D eigenvalue weighted by Crippen LogP contribution is -2.49. The number of nitrogens with one attached hydrogen (secondary N) is 1. The minimum Gasteiger partial charge on any atom is -0.394 e. The van der Waals surface area contributed by atoms with Crippen molar-refractivity contribution in [2.75, 3.05) is 27.4 Å². The Morgan fingerprint density at radius 2 is 2.38 bits per heavy atom. The van der Waals surface area contributed by atoms with Crippen molar-refractivity contribution >= 4 is 0 Å². The second kappa shape index (κ2) is 4.94. The third kappa shape index (κ3) is 2.22. The number of aliphatic hydroxyl groups is 1. The van der Waals surface area contributed by atoms with Gasteiger partial charge in [0, 0.05) is 19.3 Å². The zero-order chi connectivity index (χ0) is 9.73. The first-order chi connectivity index (χ1) is 6.29. The molecule has 2 unspecified atom stereocenters. The highest BCUT2D eigenvalue weighted by Crippen LogP contribution is 2.37. The largest absolute Gasteiger partial charge is 0.394 e. The second-order valence-electron chi connectivity index (χ2n) is 3.93. The molecule has 3 nitrogen and oxygen atoms in total. The maximum atomic E-state index is 9.38. The van der Waals surface area contributed by atoms with Crippen molar-refractivity contribution in [3.63, 3.8) is 0 Å². The van der Waals surface area contributed by atoms with Gasteiger partial charge in [-0.3, -0.25) is 0 Å². The van der Waals surface area contributed by atoms with E-state index in [1.807, 2.05) is 7.05 Å². The van der Waals surface area contributed by atoms with Gasteiger partial charge >= 0.3 is 0 Å². The summed E-state index contributed by atoms with van der Waals surface area (Å²) in [6.45, 7) is 1.05. The number of hydrogen-bond acceptors (Lipinski definition) is 3. The molecule has 2 atom stereocenters. The quantitative estimate of drug-likeness (QED) is 0.668. The van der Waals surface area contributed by atoms with Crippen molar-refractivity contribution in [1.29, 1.82) is 0 Å². The predicted octanol–water partition coefficient (Wildman–Crippen LogP) is 0.773. The number of likely N-dealkylation sites (N-methyl/N-ethyl adjacent to an activating group) is 1. The first kappa shape index (κ1) is 11.0. The molecule has 0 spiro atoms. The van der Waals surface area contributed by atoms with Gasteiger partial charge in [0.15, 0.2) is 0 Å². The number of rotatable bonds is 5. The van der Waals surface area contributed by atoms with Crippen LogP contribution in [0, 0.1) is 5.92 Å². The lowest BCUT2D eigenvalue weighted by molar-refractivity contribution is 0.102. The summed E-state index contributed by atoms with van der Waals surface area (Å²) in [7, 11) is 3.68. The molecule has 0 bridgehead atoms. The average Bonchev–Trinajstić information content (AvgIpc) is 2.58. The van der Waals surface area contributed by atoms with E-state index in [1.54, 1.807) is 7.11 Å². The summed E-state index contributed by atoms with van der Waals surface area (Å²) in [4.78, 5) is 0. The van der Waals surface area contributed by atoms with Crippen molar-refractivity contribution in [1.82, 2.24) is 5.32 Å². The molecule has 0 saturated heterocycles. The van der Waals surface area contributed by atoms with Gasteiger partial charge in [-0.2, -0.15) is 0 Å². The van der Waals surface area contributed by atoms with Crippen molar-refractivity contribution in [2.45, 2.75) is 31.2 Å². The van der Waals surface area contributed by atoms with Crippen LogP contribution in [-0.4, -0.2) is 38.0 Å². The molecule has 13 heavy (non-hydrogen) atoms. The van der Waals surface area contributed by atoms with Crippen molar-refractivity contribution in [3.05, 3.63) is 0 Å². The van der Waals surface area contributed by atoms with Crippen LogP contribution in [0.2, 0.25) is 0 Å². The fourth-order valence-electron chi connectivity index (χ4n) is 2.44. The molecule has 0 heterocycles. The molecular formula is C10H21NO2. The molecule has 1 aliphatic carbocycles. The maximum absolute atomic E-state index is 9.38. The van der Waals surface area contributed by atoms with E-state index < -0.39 is 0 Å². The highest BCUT2D eigenvalue weighted by Gasteiger charge is 2.40. The average molecular weight is 187 g/mol. The fraction of sp³-hybridized carbons (Fsp3) is 1.00. The summed E-state index contributed by atoms with van der Waals surface area (Å²) < 4.78 is 5.08. The molecule has 0 aromatic heterocycles. The molecule has 0 aromatic rings. The van der Waals surface area contributed by atoms with Crippen LogP contribution in [0.1, 0.15) is 25.7 Å². The molecule has 78 valence electrons. The summed E-state index contributed by atoms with van der Waals surface area (Å²) in [6.07, 6.45) is 4.58. The van der Waals surface area contributed by atoms with Crippen molar-refractivity contribution in [3.8, 4) is 0 Å². The van der Waals surface area contributed by atoms with Gasteiger partial charge in [-0.25, -0.2) is 0 Å². The number of hydrogen-bond donors (Lipinski definition) is 2. The van der Waals surface area contributed by atoms with Gasteiger partial charge in [0.2, 0.25) is 0 Å². The zero-order valence-electron chi connectivity index (χ0n) is 8.68. The molecule has 1 rings (SSSR count). The number of methoxy groups -OCH3 is 1. The van der Waals surface area contributed by atoms with Crippen LogP contribution in [0.4, 0.5) is 0 Å². The highest BCUT2D eigenvalue weighted by molar-refractivity contribution is 4.97. The van der Waals surface area contributed by atoms with Gasteiger partial charge < -0.3 is 15.2 Å². The Morgan fingerprint density at radius 1 is 1.62 bits per heavy atom. The molecule has 3 heteroatoms. The molecule has 0 radical (unpaired) electrons. The van der Waals surface area contributed by atoms with Crippen LogP contribution in [0.25, 0.3) is 0 Å². The standard InChI is InChI=1S/C10H21NO2/c1-11-10(8-12)6-3-4-9(10)5-7-13-2/h9,11-12H,3-8H2,1-2H3. The summed E-state index contributed by atoms with van der Waals surface area (Å²) in [5.74, 6) is 0.572. The number of aliphatic hydroxyl groups excluding tert-OH is 1. The van der Waals surface area contributed by atoms with E-state index in [9.17, 15) is 5.11 Å². The van der Waals surface area contributed by atoms with E-state index in [2.05, 4.69) is 5.32 Å². The van der Waals surface area contributed by atoms with Crippen LogP contribution in [0.15, 0.2) is 0 Å². The van der Waals surface area contributed by atoms with Crippen LogP contribution in [0.5, 0.6) is 0 Å². The monoisotopic (exact) mass is 187 g/mol. The summed E-state index contributed by atoms with van der Waals surface area (Å²) in [6, 6.07) is 0. The molecule has 2 N–H and O–H groups in total. The molecule has 0 aliphatic heterocycles. The first-order valence-corrected chi connectivity index (χ1v) is 5.08. The molecular weight excluding hydrogens is 166 g/mol. The van der Waals surface area contributed by atoms with E-state index in [1.165, 1.54) is 12.8 Å². The zero-order valence-corrected chi connectivity index (χ0v) is 8.68. The van der Waals surface area contributed by atoms with Crippen LogP contribution in [-0.2, 0) is 4.74 Å². The fourth-order valence-corrected chi connectivity index (χ4v) is 2.44. The minimum atomic E-state index is -0.0292. The Labute approximate surface area is 80.5 Å². The first-order valence-electron chi connectivity index (χ1n) is 5.08. The molecule has 1 saturated carbocycles. The molecule has 0 amide bonds. The summed E-state index contributed by atoms with van der Waals surface area (Å²) >= 11 is 0. The Bertz CT molecular complexity index is 146. The van der Waals surface area contributed by atoms with Crippen LogP contribution < -0.4 is 5.32 Å². The van der Waals surface area contributed by atoms with Crippen LogP contribution >= 0.6 is 0 Å². The van der Waals surface area contributed by atoms with Crippen molar-refractivity contribution < 1.29 is 9.84 Å². The third-order valence-electron chi connectivity index (χ3n) is 3.41. The van der Waals surface area contributed by atoms with E-state index in [0.717, 1.165) is 19.4 Å². The normalized spacial score (nSPS) is 33.9. The topological polar surface area (TPSA) is 41.5 Å². The number of ether oxygens (including phenoxy) is 1. The SMILES string of the molecule is CNC1(CO)CCCC1CCOC. The van der Waals surface area contributed by atoms with Crippen LogP contribution in [0.3, 0.4) is 0 Å². The Balaban J connectivity index is 2.50. The Kier molecular flexibility index (Phi) is 4.16.